The Kier molecular flexibility index (Phi) is 11.7. The van der Waals surface area contributed by atoms with Crippen molar-refractivity contribution in [2.24, 2.45) is 0 Å². The van der Waals surface area contributed by atoms with Crippen molar-refractivity contribution < 1.29 is 0 Å². The third kappa shape index (κ3) is 7.72. The zero-order valence-electron chi connectivity index (χ0n) is 47.6. The molecule has 7 heteroatoms. The molecule has 0 saturated heterocycles. The number of rotatable bonds is 9. The summed E-state index contributed by atoms with van der Waals surface area (Å²) in [6.07, 6.45) is 0.758. The van der Waals surface area contributed by atoms with Crippen molar-refractivity contribution in [2.75, 3.05) is 24.5 Å². The molecule has 4 aliphatic heterocycles. The predicted octanol–water partition coefficient (Wildman–Crippen LogP) is 16.1. The number of hydrogen-bond donors (Lipinski definition) is 0. The van der Waals surface area contributed by atoms with Crippen LogP contribution in [-0.4, -0.2) is 13.4 Å². The van der Waals surface area contributed by atoms with E-state index in [2.05, 4.69) is 325 Å². The van der Waals surface area contributed by atoms with Gasteiger partial charge in [0.1, 0.15) is 0 Å². The lowest BCUT2D eigenvalue weighted by molar-refractivity contribution is 1.16. The number of fused-ring (bicyclic) bond motifs is 8. The van der Waals surface area contributed by atoms with E-state index in [1.54, 1.807) is 0 Å². The van der Waals surface area contributed by atoms with Crippen LogP contribution in [0.25, 0.3) is 0 Å². The van der Waals surface area contributed by atoms with Gasteiger partial charge in [0, 0.05) is 79.6 Å². The zero-order valence-corrected chi connectivity index (χ0v) is 47.6. The molecule has 4 heterocycles. The molecule has 398 valence electrons. The Labute approximate surface area is 493 Å². The van der Waals surface area contributed by atoms with Gasteiger partial charge in [-0.3, -0.25) is 0 Å². The van der Waals surface area contributed by atoms with Gasteiger partial charge >= 0.3 is 0 Å². The molecule has 0 aliphatic carbocycles. The van der Waals surface area contributed by atoms with E-state index in [1.165, 1.54) is 112 Å². The molecule has 12 aromatic rings. The fourth-order valence-corrected chi connectivity index (χ4v) is 14.5. The monoisotopic (exact) mass is 1080 g/mol. The van der Waals surface area contributed by atoms with Crippen LogP contribution in [0.15, 0.2) is 273 Å². The SMILES string of the molecule is Cc1ccccc1N(c1cc2c3c(c1)N(c1ccccc1)c1ccccc1B3c1cc3c(cc1C2)N(c1ccccc1)c1cc(N(c2ccccc2C)c2ccccc2C)cc2c1B3c1ccccc1N2c1ccccc1)c1ccccc1C. The number of benzene rings is 12. The average Bonchev–Trinajstić information content (AvgIpc) is 1.00. The molecular formula is C77H59B2N5. The summed E-state index contributed by atoms with van der Waals surface area (Å²) in [6, 6.07) is 102. The second-order valence-corrected chi connectivity index (χ2v) is 23.0. The molecule has 0 unspecified atom stereocenters. The van der Waals surface area contributed by atoms with Crippen LogP contribution in [0.2, 0.25) is 0 Å². The Morgan fingerprint density at radius 1 is 0.274 bits per heavy atom. The highest BCUT2D eigenvalue weighted by molar-refractivity contribution is 7.02. The molecule has 0 aromatic heterocycles. The highest BCUT2D eigenvalue weighted by Crippen LogP contribution is 2.50. The molecular weight excluding hydrogens is 1020 g/mol. The van der Waals surface area contributed by atoms with Gasteiger partial charge in [0.15, 0.2) is 0 Å². The van der Waals surface area contributed by atoms with Gasteiger partial charge in [-0.25, -0.2) is 0 Å². The molecule has 0 fully saturated rings. The maximum atomic E-state index is 2.65. The number of para-hydroxylation sites is 9. The molecule has 0 atom stereocenters. The highest BCUT2D eigenvalue weighted by atomic mass is 15.2. The summed E-state index contributed by atoms with van der Waals surface area (Å²) in [7, 11) is 0. The van der Waals surface area contributed by atoms with Crippen LogP contribution in [-0.2, 0) is 6.42 Å². The van der Waals surface area contributed by atoms with E-state index in [1.807, 2.05) is 0 Å². The minimum absolute atomic E-state index is 0.0375. The van der Waals surface area contributed by atoms with Gasteiger partial charge in [-0.1, -0.05) is 175 Å². The Morgan fingerprint density at radius 3 is 1.05 bits per heavy atom. The van der Waals surface area contributed by atoms with Crippen LogP contribution in [0.4, 0.5) is 85.3 Å². The van der Waals surface area contributed by atoms with Gasteiger partial charge in [-0.2, -0.15) is 0 Å². The van der Waals surface area contributed by atoms with E-state index in [-0.39, 0.29) is 13.4 Å². The first-order chi connectivity index (χ1) is 41.4. The van der Waals surface area contributed by atoms with Crippen molar-refractivity contribution in [1.29, 1.82) is 0 Å². The molecule has 12 aromatic carbocycles. The molecule has 0 bridgehead atoms. The Hall–Kier alpha value is -10.2. The van der Waals surface area contributed by atoms with Crippen molar-refractivity contribution in [3.05, 3.63) is 306 Å². The van der Waals surface area contributed by atoms with E-state index in [4.69, 9.17) is 0 Å². The third-order valence-corrected chi connectivity index (χ3v) is 18.1. The fraction of sp³-hybridized carbons (Fsp3) is 0.0649. The van der Waals surface area contributed by atoms with Crippen LogP contribution in [0.3, 0.4) is 0 Å². The lowest BCUT2D eigenvalue weighted by Gasteiger charge is -2.46. The molecule has 5 nitrogen and oxygen atoms in total. The lowest BCUT2D eigenvalue weighted by Crippen LogP contribution is -2.65. The molecule has 0 N–H and O–H groups in total. The predicted molar refractivity (Wildman–Crippen MR) is 357 cm³/mol. The fourth-order valence-electron chi connectivity index (χ4n) is 14.5. The normalized spacial score (nSPS) is 13.1. The summed E-state index contributed by atoms with van der Waals surface area (Å²) < 4.78 is 0. The second kappa shape index (κ2) is 19.7. The van der Waals surface area contributed by atoms with Crippen molar-refractivity contribution in [2.45, 2.75) is 34.1 Å². The zero-order chi connectivity index (χ0) is 56.2. The average molecular weight is 1080 g/mol. The van der Waals surface area contributed by atoms with Gasteiger partial charge in [-0.05, 0) is 198 Å². The van der Waals surface area contributed by atoms with Gasteiger partial charge in [0.25, 0.3) is 6.71 Å². The molecule has 0 saturated carbocycles. The first-order valence-electron chi connectivity index (χ1n) is 29.5. The Balaban J connectivity index is 0.991. The summed E-state index contributed by atoms with van der Waals surface area (Å²) in [5.41, 5.74) is 32.9. The standard InChI is InChI=1S/C77H59B2N5/c1-51-26-14-20-38-66(51)83(67-39-21-15-27-52(67)2)60-45-56-44-55-46-72-65(50-64(55)78-62-36-18-24-42-70(62)80(73(47-60)76(56)78)57-30-8-5-9-31-57)79-63-37-19-25-43-71(63)81(58-32-10-6-11-33-58)74-48-61(49-75(77(74)79)82(72)59-34-12-7-13-35-59)84(68-40-22-16-28-53(68)3)69-41-23-17-29-54(69)4/h5-43,45-50H,44H2,1-4H3. The van der Waals surface area contributed by atoms with Crippen molar-refractivity contribution in [1.82, 2.24) is 0 Å². The molecule has 16 rings (SSSR count). The van der Waals surface area contributed by atoms with Crippen LogP contribution < -0.4 is 57.3 Å². The highest BCUT2D eigenvalue weighted by Gasteiger charge is 2.47. The van der Waals surface area contributed by atoms with Crippen LogP contribution in [0.5, 0.6) is 0 Å². The quantitative estimate of drug-likeness (QED) is 0.134. The number of nitrogens with zero attached hydrogens (tertiary/aromatic N) is 5. The number of anilines is 15. The van der Waals surface area contributed by atoms with E-state index in [9.17, 15) is 0 Å². The van der Waals surface area contributed by atoms with Gasteiger partial charge in [-0.15, -0.1) is 0 Å². The van der Waals surface area contributed by atoms with Crippen molar-refractivity contribution in [3.63, 3.8) is 0 Å². The third-order valence-electron chi connectivity index (χ3n) is 18.1. The molecule has 84 heavy (non-hydrogen) atoms. The summed E-state index contributed by atoms with van der Waals surface area (Å²) in [6.45, 7) is 8.81. The molecule has 4 aliphatic rings. The smallest absolute Gasteiger partial charge is 0.252 e. The summed E-state index contributed by atoms with van der Waals surface area (Å²) in [5, 5.41) is 0. The lowest BCUT2D eigenvalue weighted by atomic mass is 9.29. The van der Waals surface area contributed by atoms with E-state index < -0.39 is 0 Å². The Morgan fingerprint density at radius 2 is 0.619 bits per heavy atom. The Bertz CT molecular complexity index is 4490. The van der Waals surface area contributed by atoms with Gasteiger partial charge in [0.2, 0.25) is 6.71 Å². The van der Waals surface area contributed by atoms with Crippen LogP contribution >= 0.6 is 0 Å². The van der Waals surface area contributed by atoms with Gasteiger partial charge in [0.05, 0.1) is 5.69 Å². The summed E-state index contributed by atoms with van der Waals surface area (Å²) in [5.74, 6) is 0. The maximum absolute atomic E-state index is 2.65. The largest absolute Gasteiger partial charge is 0.311 e. The molecule has 0 amide bonds. The van der Waals surface area contributed by atoms with Crippen LogP contribution in [0, 0.1) is 27.7 Å². The number of aryl methyl sites for hydroxylation is 4. The molecule has 0 spiro atoms. The summed E-state index contributed by atoms with van der Waals surface area (Å²) >= 11 is 0. The van der Waals surface area contributed by atoms with E-state index >= 15 is 0 Å². The second-order valence-electron chi connectivity index (χ2n) is 23.0. The minimum Gasteiger partial charge on any atom is -0.311 e. The number of hydrogen-bond acceptors (Lipinski definition) is 5. The topological polar surface area (TPSA) is 16.2 Å². The summed E-state index contributed by atoms with van der Waals surface area (Å²) in [4.78, 5) is 12.7. The van der Waals surface area contributed by atoms with Gasteiger partial charge < -0.3 is 24.5 Å². The van der Waals surface area contributed by atoms with Crippen molar-refractivity contribution >= 4 is 132 Å². The van der Waals surface area contributed by atoms with Crippen molar-refractivity contribution in [3.8, 4) is 0 Å². The maximum Gasteiger partial charge on any atom is 0.252 e. The van der Waals surface area contributed by atoms with E-state index in [0.29, 0.717) is 0 Å². The van der Waals surface area contributed by atoms with E-state index in [0.717, 1.165) is 46.2 Å². The van der Waals surface area contributed by atoms with Crippen LogP contribution in [0.1, 0.15) is 33.4 Å². The minimum atomic E-state index is -0.0921. The molecule has 0 radical (unpaired) electrons. The first-order valence-corrected chi connectivity index (χ1v) is 29.5. The first kappa shape index (κ1) is 49.6.